The number of pyridine rings is 1. The molecule has 4 heterocycles. The SMILES string of the molecule is CC(=O)Nc1nnc(-c2cnc3c(c2)CCN([C@@H](C)c2ccc4scnc4c2)CC3)s1. The van der Waals surface area contributed by atoms with E-state index in [4.69, 9.17) is 4.98 Å². The second-order valence-electron chi connectivity index (χ2n) is 7.71. The van der Waals surface area contributed by atoms with E-state index >= 15 is 0 Å². The molecule has 1 amide bonds. The zero-order valence-electron chi connectivity index (χ0n) is 17.3. The van der Waals surface area contributed by atoms with Crippen LogP contribution in [0.5, 0.6) is 0 Å². The molecule has 1 aliphatic rings. The second-order valence-corrected chi connectivity index (χ2v) is 9.58. The number of rotatable bonds is 4. The molecule has 7 nitrogen and oxygen atoms in total. The van der Waals surface area contributed by atoms with Crippen LogP contribution in [0, 0.1) is 0 Å². The average molecular weight is 451 g/mol. The van der Waals surface area contributed by atoms with Gasteiger partial charge in [-0.2, -0.15) is 0 Å². The zero-order chi connectivity index (χ0) is 21.4. The third-order valence-corrected chi connectivity index (χ3v) is 7.40. The first-order valence-electron chi connectivity index (χ1n) is 10.2. The topological polar surface area (TPSA) is 83.9 Å². The molecule has 158 valence electrons. The van der Waals surface area contributed by atoms with Crippen molar-refractivity contribution >= 4 is 43.9 Å². The molecule has 0 unspecified atom stereocenters. The number of amides is 1. The monoisotopic (exact) mass is 450 g/mol. The molecule has 0 aliphatic carbocycles. The number of nitrogens with zero attached hydrogens (tertiary/aromatic N) is 5. The molecule has 9 heteroatoms. The number of benzene rings is 1. The highest BCUT2D eigenvalue weighted by atomic mass is 32.1. The summed E-state index contributed by atoms with van der Waals surface area (Å²) >= 11 is 3.04. The van der Waals surface area contributed by atoms with Crippen LogP contribution in [0.1, 0.15) is 36.7 Å². The van der Waals surface area contributed by atoms with Gasteiger partial charge in [0.2, 0.25) is 11.0 Å². The van der Waals surface area contributed by atoms with Crippen molar-refractivity contribution in [3.63, 3.8) is 0 Å². The van der Waals surface area contributed by atoms with Crippen LogP contribution in [-0.2, 0) is 17.6 Å². The first kappa shape index (κ1) is 20.2. The van der Waals surface area contributed by atoms with Gasteiger partial charge in [-0.05, 0) is 42.7 Å². The summed E-state index contributed by atoms with van der Waals surface area (Å²) in [6, 6.07) is 9.12. The minimum absolute atomic E-state index is 0.147. The number of hydrogen-bond acceptors (Lipinski definition) is 8. The van der Waals surface area contributed by atoms with Crippen LogP contribution >= 0.6 is 22.7 Å². The lowest BCUT2D eigenvalue weighted by Gasteiger charge is -2.27. The normalized spacial score (nSPS) is 15.4. The predicted octanol–water partition coefficient (Wildman–Crippen LogP) is 4.33. The summed E-state index contributed by atoms with van der Waals surface area (Å²) in [5, 5.41) is 12.2. The number of thiazole rings is 1. The molecular formula is C22H22N6OS2. The van der Waals surface area contributed by atoms with Crippen LogP contribution in [0.25, 0.3) is 20.8 Å². The van der Waals surface area contributed by atoms with Crippen LogP contribution in [0.2, 0.25) is 0 Å². The van der Waals surface area contributed by atoms with E-state index in [9.17, 15) is 4.79 Å². The molecule has 1 aliphatic heterocycles. The molecule has 1 atom stereocenters. The summed E-state index contributed by atoms with van der Waals surface area (Å²) in [7, 11) is 0. The molecule has 3 aromatic heterocycles. The minimum atomic E-state index is -0.147. The smallest absolute Gasteiger partial charge is 0.223 e. The van der Waals surface area contributed by atoms with Crippen LogP contribution in [-0.4, -0.2) is 44.1 Å². The van der Waals surface area contributed by atoms with E-state index in [2.05, 4.69) is 56.6 Å². The maximum Gasteiger partial charge on any atom is 0.223 e. The molecule has 1 aromatic carbocycles. The van der Waals surface area contributed by atoms with E-state index < -0.39 is 0 Å². The highest BCUT2D eigenvalue weighted by molar-refractivity contribution is 7.18. The number of hydrogen-bond donors (Lipinski definition) is 1. The lowest BCUT2D eigenvalue weighted by atomic mass is 10.1. The summed E-state index contributed by atoms with van der Waals surface area (Å²) < 4.78 is 1.23. The maximum atomic E-state index is 11.2. The van der Waals surface area contributed by atoms with Crippen molar-refractivity contribution in [2.75, 3.05) is 18.4 Å². The molecule has 0 bridgehead atoms. The number of nitrogens with one attached hydrogen (secondary N) is 1. The maximum absolute atomic E-state index is 11.2. The van der Waals surface area contributed by atoms with Gasteiger partial charge in [0.15, 0.2) is 5.01 Å². The van der Waals surface area contributed by atoms with Crippen LogP contribution < -0.4 is 5.32 Å². The van der Waals surface area contributed by atoms with Gasteiger partial charge in [0.05, 0.1) is 15.7 Å². The predicted molar refractivity (Wildman–Crippen MR) is 124 cm³/mol. The lowest BCUT2D eigenvalue weighted by molar-refractivity contribution is -0.114. The highest BCUT2D eigenvalue weighted by Gasteiger charge is 2.22. The fourth-order valence-electron chi connectivity index (χ4n) is 4.00. The van der Waals surface area contributed by atoms with Gasteiger partial charge in [0, 0.05) is 49.9 Å². The van der Waals surface area contributed by atoms with E-state index in [1.54, 1.807) is 11.3 Å². The van der Waals surface area contributed by atoms with Gasteiger partial charge in [0.1, 0.15) is 0 Å². The van der Waals surface area contributed by atoms with Crippen molar-refractivity contribution in [3.05, 3.63) is 52.8 Å². The van der Waals surface area contributed by atoms with Gasteiger partial charge in [-0.15, -0.1) is 21.5 Å². The van der Waals surface area contributed by atoms with Crippen molar-refractivity contribution in [2.24, 2.45) is 0 Å². The van der Waals surface area contributed by atoms with Crippen LogP contribution in [0.15, 0.2) is 36.0 Å². The van der Waals surface area contributed by atoms with Crippen molar-refractivity contribution < 1.29 is 4.79 Å². The third kappa shape index (κ3) is 4.21. The Labute approximate surface area is 188 Å². The Morgan fingerprint density at radius 1 is 1.16 bits per heavy atom. The van der Waals surface area contributed by atoms with Crippen molar-refractivity contribution in [3.8, 4) is 10.6 Å². The quantitative estimate of drug-likeness (QED) is 0.498. The van der Waals surface area contributed by atoms with Gasteiger partial charge in [-0.1, -0.05) is 17.4 Å². The first-order valence-corrected chi connectivity index (χ1v) is 11.9. The summed E-state index contributed by atoms with van der Waals surface area (Å²) in [6.07, 6.45) is 3.73. The van der Waals surface area contributed by atoms with Crippen molar-refractivity contribution in [2.45, 2.75) is 32.7 Å². The Bertz CT molecular complexity index is 1250. The van der Waals surface area contributed by atoms with Gasteiger partial charge in [0.25, 0.3) is 0 Å². The Morgan fingerprint density at radius 3 is 2.90 bits per heavy atom. The third-order valence-electron chi connectivity index (χ3n) is 5.70. The van der Waals surface area contributed by atoms with Gasteiger partial charge in [-0.3, -0.25) is 14.7 Å². The van der Waals surface area contributed by atoms with Gasteiger partial charge in [-0.25, -0.2) is 4.98 Å². The lowest BCUT2D eigenvalue weighted by Crippen LogP contribution is -2.29. The Hall–Kier alpha value is -2.75. The zero-order valence-corrected chi connectivity index (χ0v) is 19.0. The number of fused-ring (bicyclic) bond motifs is 2. The summed E-state index contributed by atoms with van der Waals surface area (Å²) in [6.45, 7) is 5.68. The Morgan fingerprint density at radius 2 is 2.03 bits per heavy atom. The van der Waals surface area contributed by atoms with Gasteiger partial charge >= 0.3 is 0 Å². The molecule has 0 radical (unpaired) electrons. The van der Waals surface area contributed by atoms with Crippen LogP contribution in [0.4, 0.5) is 5.13 Å². The molecular weight excluding hydrogens is 428 g/mol. The first-order chi connectivity index (χ1) is 15.1. The molecule has 0 saturated heterocycles. The van der Waals surface area contributed by atoms with E-state index in [1.165, 1.54) is 34.1 Å². The molecule has 31 heavy (non-hydrogen) atoms. The Balaban J connectivity index is 1.33. The minimum Gasteiger partial charge on any atom is -0.301 e. The number of carbonyl (C=O) groups excluding carboxylic acids is 1. The van der Waals surface area contributed by atoms with Gasteiger partial charge < -0.3 is 5.32 Å². The number of anilines is 1. The molecule has 0 saturated carbocycles. The summed E-state index contributed by atoms with van der Waals surface area (Å²) in [5.41, 5.74) is 7.65. The van der Waals surface area contributed by atoms with Crippen molar-refractivity contribution in [1.82, 2.24) is 25.1 Å². The van der Waals surface area contributed by atoms with E-state index in [-0.39, 0.29) is 5.91 Å². The van der Waals surface area contributed by atoms with E-state index in [0.29, 0.717) is 11.2 Å². The number of carbonyl (C=O) groups is 1. The standard InChI is InChI=1S/C22H22N6OS2/c1-13(15-3-4-20-19(10-15)24-12-30-20)28-7-5-16-9-17(11-23-18(16)6-8-28)21-26-27-22(31-21)25-14(2)29/h3-4,9-13H,5-8H2,1-2H3,(H,25,27,29)/t13-/m0/s1. The number of aromatic nitrogens is 4. The molecule has 5 rings (SSSR count). The van der Waals surface area contributed by atoms with E-state index in [0.717, 1.165) is 47.7 Å². The average Bonchev–Trinajstić information content (AvgIpc) is 3.37. The molecule has 4 aromatic rings. The fraction of sp³-hybridized carbons (Fsp3) is 0.318. The fourth-order valence-corrected chi connectivity index (χ4v) is 5.43. The van der Waals surface area contributed by atoms with Crippen molar-refractivity contribution in [1.29, 1.82) is 0 Å². The summed E-state index contributed by atoms with van der Waals surface area (Å²) in [4.78, 5) is 23.0. The largest absolute Gasteiger partial charge is 0.301 e. The Kier molecular flexibility index (Phi) is 5.47. The highest BCUT2D eigenvalue weighted by Crippen LogP contribution is 2.30. The second kappa shape index (κ2) is 8.41. The summed E-state index contributed by atoms with van der Waals surface area (Å²) in [5.74, 6) is -0.147. The molecule has 0 spiro atoms. The van der Waals surface area contributed by atoms with Crippen LogP contribution in [0.3, 0.4) is 0 Å². The molecule has 1 N–H and O–H groups in total. The molecule has 0 fully saturated rings. The van der Waals surface area contributed by atoms with E-state index in [1.807, 2.05) is 11.7 Å².